The van der Waals surface area contributed by atoms with Gasteiger partial charge in [-0.3, -0.25) is 0 Å². The van der Waals surface area contributed by atoms with Gasteiger partial charge < -0.3 is 9.67 Å². The summed E-state index contributed by atoms with van der Waals surface area (Å²) in [7, 11) is 0. The Labute approximate surface area is 145 Å². The van der Waals surface area contributed by atoms with Crippen LogP contribution in [0.2, 0.25) is 0 Å². The highest BCUT2D eigenvalue weighted by atomic mass is 16.3. The zero-order chi connectivity index (χ0) is 17.4. The van der Waals surface area contributed by atoms with Crippen molar-refractivity contribution in [2.24, 2.45) is 0 Å². The van der Waals surface area contributed by atoms with Gasteiger partial charge in [0.05, 0.1) is 5.39 Å². The molecule has 25 heavy (non-hydrogen) atoms. The van der Waals surface area contributed by atoms with Crippen LogP contribution in [0.5, 0.6) is 0 Å². The van der Waals surface area contributed by atoms with Crippen molar-refractivity contribution in [2.75, 3.05) is 6.61 Å². The summed E-state index contributed by atoms with van der Waals surface area (Å²) in [6, 6.07) is 10.2. The van der Waals surface area contributed by atoms with Crippen LogP contribution in [0, 0.1) is 13.8 Å². The number of aryl methyl sites for hydroxylation is 2. The van der Waals surface area contributed by atoms with Gasteiger partial charge in [-0.2, -0.15) is 0 Å². The lowest BCUT2D eigenvalue weighted by atomic mass is 10.1. The van der Waals surface area contributed by atoms with Crippen molar-refractivity contribution in [1.82, 2.24) is 24.1 Å². The molecule has 0 aliphatic carbocycles. The molecule has 3 aromatic heterocycles. The Morgan fingerprint density at radius 1 is 1.08 bits per heavy atom. The zero-order valence-electron chi connectivity index (χ0n) is 14.5. The molecule has 4 aromatic rings. The first-order valence-corrected chi connectivity index (χ1v) is 8.53. The van der Waals surface area contributed by atoms with E-state index in [1.165, 1.54) is 11.1 Å². The van der Waals surface area contributed by atoms with Crippen molar-refractivity contribution >= 4 is 16.7 Å². The maximum absolute atomic E-state index is 9.15. The minimum absolute atomic E-state index is 0.173. The average molecular weight is 335 g/mol. The number of aliphatic hydroxyl groups excluding tert-OH is 1. The molecule has 4 rings (SSSR count). The van der Waals surface area contributed by atoms with Crippen LogP contribution < -0.4 is 0 Å². The van der Waals surface area contributed by atoms with E-state index < -0.39 is 0 Å². The molecular formula is C19H21N5O. The summed E-state index contributed by atoms with van der Waals surface area (Å²) in [6.07, 6.45) is 3.14. The molecule has 6 heteroatoms. The Balaban J connectivity index is 1.83. The van der Waals surface area contributed by atoms with E-state index in [1.54, 1.807) is 10.8 Å². The summed E-state index contributed by atoms with van der Waals surface area (Å²) in [5, 5.41) is 14.8. The topological polar surface area (TPSA) is 68.2 Å². The molecule has 128 valence electrons. The second kappa shape index (κ2) is 6.29. The third-order valence-corrected chi connectivity index (χ3v) is 4.73. The van der Waals surface area contributed by atoms with Crippen LogP contribution in [0.15, 0.2) is 36.7 Å². The number of rotatable bonds is 5. The van der Waals surface area contributed by atoms with Crippen LogP contribution in [0.1, 0.15) is 29.1 Å². The number of nitrogens with zero attached hydrogens (tertiary/aromatic N) is 5. The van der Waals surface area contributed by atoms with Crippen LogP contribution in [-0.2, 0) is 13.0 Å². The van der Waals surface area contributed by atoms with Crippen LogP contribution in [0.25, 0.3) is 16.7 Å². The van der Waals surface area contributed by atoms with Crippen LogP contribution >= 0.6 is 0 Å². The van der Waals surface area contributed by atoms with E-state index in [2.05, 4.69) is 40.6 Å². The van der Waals surface area contributed by atoms with Gasteiger partial charge in [0.15, 0.2) is 11.5 Å². The van der Waals surface area contributed by atoms with Gasteiger partial charge in [0.1, 0.15) is 12.0 Å². The number of aliphatic hydroxyl groups is 1. The van der Waals surface area contributed by atoms with Gasteiger partial charge >= 0.3 is 0 Å². The van der Waals surface area contributed by atoms with E-state index in [0.717, 1.165) is 34.7 Å². The predicted octanol–water partition coefficient (Wildman–Crippen LogP) is 2.67. The Hall–Kier alpha value is -2.73. The fraction of sp³-hybridized carbons (Fsp3) is 0.316. The van der Waals surface area contributed by atoms with Crippen LogP contribution in [0.3, 0.4) is 0 Å². The van der Waals surface area contributed by atoms with Crippen molar-refractivity contribution in [3.05, 3.63) is 59.3 Å². The molecule has 0 fully saturated rings. The van der Waals surface area contributed by atoms with Crippen molar-refractivity contribution in [1.29, 1.82) is 0 Å². The fourth-order valence-corrected chi connectivity index (χ4v) is 3.33. The van der Waals surface area contributed by atoms with Crippen molar-refractivity contribution in [2.45, 2.75) is 33.2 Å². The lowest BCUT2D eigenvalue weighted by Gasteiger charge is -2.05. The van der Waals surface area contributed by atoms with Gasteiger partial charge in [0.25, 0.3) is 0 Å². The average Bonchev–Trinajstić information content (AvgIpc) is 3.13. The standard InChI is InChI=1S/C19H21N5O/c1-13-14(2)23(9-6-10-25)18-17(13)19-21-16(22-24(19)12-20-18)11-15-7-4-3-5-8-15/h3-5,7-8,12,25H,6,9-11H2,1-2H3. The number of hydrogen-bond donors (Lipinski definition) is 1. The van der Waals surface area contributed by atoms with E-state index in [9.17, 15) is 0 Å². The fourth-order valence-electron chi connectivity index (χ4n) is 3.33. The Morgan fingerprint density at radius 2 is 1.88 bits per heavy atom. The Morgan fingerprint density at radius 3 is 2.64 bits per heavy atom. The molecule has 3 heterocycles. The van der Waals surface area contributed by atoms with E-state index >= 15 is 0 Å². The van der Waals surface area contributed by atoms with Gasteiger partial charge in [0, 0.05) is 25.3 Å². The minimum atomic E-state index is 0.173. The minimum Gasteiger partial charge on any atom is -0.396 e. The molecule has 0 unspecified atom stereocenters. The smallest absolute Gasteiger partial charge is 0.168 e. The lowest BCUT2D eigenvalue weighted by Crippen LogP contribution is -2.03. The van der Waals surface area contributed by atoms with Crippen molar-refractivity contribution < 1.29 is 5.11 Å². The van der Waals surface area contributed by atoms with Gasteiger partial charge in [-0.1, -0.05) is 30.3 Å². The van der Waals surface area contributed by atoms with Gasteiger partial charge in [0.2, 0.25) is 0 Å². The highest BCUT2D eigenvalue weighted by molar-refractivity contribution is 5.93. The summed E-state index contributed by atoms with van der Waals surface area (Å²) < 4.78 is 3.93. The highest BCUT2D eigenvalue weighted by Gasteiger charge is 2.17. The normalized spacial score (nSPS) is 11.6. The largest absolute Gasteiger partial charge is 0.396 e. The molecule has 0 aliphatic rings. The highest BCUT2D eigenvalue weighted by Crippen LogP contribution is 2.27. The third-order valence-electron chi connectivity index (χ3n) is 4.73. The van der Waals surface area contributed by atoms with Crippen LogP contribution in [-0.4, -0.2) is 35.9 Å². The van der Waals surface area contributed by atoms with Crippen LogP contribution in [0.4, 0.5) is 0 Å². The molecule has 0 saturated heterocycles. The molecule has 0 aliphatic heterocycles. The number of benzene rings is 1. The van der Waals surface area contributed by atoms with E-state index in [0.29, 0.717) is 12.8 Å². The van der Waals surface area contributed by atoms with Crippen molar-refractivity contribution in [3.8, 4) is 0 Å². The molecule has 1 N–H and O–H groups in total. The molecular weight excluding hydrogens is 314 g/mol. The maximum atomic E-state index is 9.15. The first-order valence-electron chi connectivity index (χ1n) is 8.53. The van der Waals surface area contributed by atoms with E-state index in [4.69, 9.17) is 10.1 Å². The molecule has 6 nitrogen and oxygen atoms in total. The molecule has 0 atom stereocenters. The summed E-state index contributed by atoms with van der Waals surface area (Å²) >= 11 is 0. The Bertz CT molecular complexity index is 1030. The second-order valence-electron chi connectivity index (χ2n) is 6.34. The maximum Gasteiger partial charge on any atom is 0.168 e. The SMILES string of the molecule is Cc1c(C)n(CCCO)c2ncn3nc(Cc4ccccc4)nc3c12. The summed E-state index contributed by atoms with van der Waals surface area (Å²) in [5.74, 6) is 0.792. The lowest BCUT2D eigenvalue weighted by molar-refractivity contribution is 0.280. The molecule has 0 amide bonds. The first kappa shape index (κ1) is 15.8. The molecule has 0 radical (unpaired) electrons. The van der Waals surface area contributed by atoms with E-state index in [-0.39, 0.29) is 6.61 Å². The number of fused-ring (bicyclic) bond motifs is 3. The van der Waals surface area contributed by atoms with Crippen molar-refractivity contribution in [3.63, 3.8) is 0 Å². The van der Waals surface area contributed by atoms with Gasteiger partial charge in [-0.25, -0.2) is 14.5 Å². The quantitative estimate of drug-likeness (QED) is 0.609. The number of hydrogen-bond acceptors (Lipinski definition) is 4. The number of aromatic nitrogens is 5. The molecule has 0 bridgehead atoms. The van der Waals surface area contributed by atoms with Gasteiger partial charge in [-0.15, -0.1) is 5.10 Å². The third kappa shape index (κ3) is 2.68. The zero-order valence-corrected chi connectivity index (χ0v) is 14.5. The predicted molar refractivity (Wildman–Crippen MR) is 96.7 cm³/mol. The summed E-state index contributed by atoms with van der Waals surface area (Å²) in [5.41, 5.74) is 5.28. The first-order chi connectivity index (χ1) is 12.2. The second-order valence-corrected chi connectivity index (χ2v) is 6.34. The molecule has 0 spiro atoms. The monoisotopic (exact) mass is 335 g/mol. The molecule has 1 aromatic carbocycles. The Kier molecular flexibility index (Phi) is 3.97. The van der Waals surface area contributed by atoms with E-state index in [1.807, 2.05) is 18.2 Å². The summed E-state index contributed by atoms with van der Waals surface area (Å²) in [4.78, 5) is 9.39. The molecule has 0 saturated carbocycles. The van der Waals surface area contributed by atoms with Gasteiger partial charge in [-0.05, 0) is 31.4 Å². The summed E-state index contributed by atoms with van der Waals surface area (Å²) in [6.45, 7) is 5.11.